The zero-order chi connectivity index (χ0) is 15.0. The summed E-state index contributed by atoms with van der Waals surface area (Å²) in [5.74, 6) is -1.43. The number of benzene rings is 1. The summed E-state index contributed by atoms with van der Waals surface area (Å²) in [6.45, 7) is -0.343. The molecule has 1 amide bonds. The number of nitrogens with one attached hydrogen (secondary N) is 3. The molecule has 0 unspecified atom stereocenters. The van der Waals surface area contributed by atoms with Gasteiger partial charge < -0.3 is 21.5 Å². The summed E-state index contributed by atoms with van der Waals surface area (Å²) in [6.07, 6.45) is 1.66. The minimum absolute atomic E-state index is 0. The van der Waals surface area contributed by atoms with Crippen LogP contribution < -0.4 is 16.4 Å². The number of nitrogens with two attached hydrogens (primary N) is 1. The molecule has 0 saturated carbocycles. The third-order valence-corrected chi connectivity index (χ3v) is 2.54. The summed E-state index contributed by atoms with van der Waals surface area (Å²) in [4.78, 5) is 21.6. The van der Waals surface area contributed by atoms with Crippen molar-refractivity contribution in [2.45, 2.75) is 19.3 Å². The van der Waals surface area contributed by atoms with Crippen molar-refractivity contribution in [1.82, 2.24) is 5.32 Å². The van der Waals surface area contributed by atoms with Crippen molar-refractivity contribution in [3.63, 3.8) is 0 Å². The van der Waals surface area contributed by atoms with Crippen LogP contribution in [0.1, 0.15) is 18.4 Å². The second-order valence-electron chi connectivity index (χ2n) is 4.26. The van der Waals surface area contributed by atoms with Gasteiger partial charge in [-0.25, -0.2) is 0 Å². The van der Waals surface area contributed by atoms with Crippen LogP contribution in [0.2, 0.25) is 0 Å². The second-order valence-corrected chi connectivity index (χ2v) is 4.26. The number of aliphatic carboxylic acids is 1. The van der Waals surface area contributed by atoms with Gasteiger partial charge in [0.1, 0.15) is 6.54 Å². The normalized spacial score (nSPS) is 9.33. The number of anilines is 1. The molecule has 0 aliphatic heterocycles. The minimum Gasteiger partial charge on any atom is -0.480 e. The molecule has 0 saturated heterocycles. The molecule has 0 spiro atoms. The van der Waals surface area contributed by atoms with E-state index in [9.17, 15) is 9.59 Å². The Balaban J connectivity index is 0.00000400. The highest BCUT2D eigenvalue weighted by atomic mass is 35.5. The maximum atomic E-state index is 11.3. The summed E-state index contributed by atoms with van der Waals surface area (Å²) in [5, 5.41) is 20.5. The number of hydrogen-bond donors (Lipinski definition) is 5. The zero-order valence-electron chi connectivity index (χ0n) is 11.4. The molecule has 0 atom stereocenters. The molecule has 1 aromatic rings. The van der Waals surface area contributed by atoms with Gasteiger partial charge in [0.05, 0.1) is 0 Å². The summed E-state index contributed by atoms with van der Waals surface area (Å²) in [6, 6.07) is 7.39. The third-order valence-electron chi connectivity index (χ3n) is 2.54. The van der Waals surface area contributed by atoms with Crippen molar-refractivity contribution in [3.05, 3.63) is 29.8 Å². The number of hydrogen-bond acceptors (Lipinski definition) is 3. The fourth-order valence-corrected chi connectivity index (χ4v) is 1.63. The lowest BCUT2D eigenvalue weighted by molar-refractivity contribution is -0.137. The van der Waals surface area contributed by atoms with Gasteiger partial charge in [-0.3, -0.25) is 15.0 Å². The molecule has 116 valence electrons. The van der Waals surface area contributed by atoms with Crippen molar-refractivity contribution in [1.29, 1.82) is 5.41 Å². The molecule has 6 N–H and O–H groups in total. The molecule has 0 aromatic heterocycles. The first kappa shape index (κ1) is 18.7. The Kier molecular flexibility index (Phi) is 8.55. The van der Waals surface area contributed by atoms with Crippen LogP contribution in [-0.4, -0.2) is 29.5 Å². The van der Waals surface area contributed by atoms with Crippen LogP contribution in [-0.2, 0) is 16.0 Å². The highest BCUT2D eigenvalue weighted by Gasteiger charge is 2.04. The van der Waals surface area contributed by atoms with Crippen molar-refractivity contribution in [2.24, 2.45) is 5.73 Å². The molecule has 7 nitrogen and oxygen atoms in total. The Morgan fingerprint density at radius 3 is 2.38 bits per heavy atom. The predicted octanol–water partition coefficient (Wildman–Crippen LogP) is 0.937. The molecular weight excluding hydrogens is 296 g/mol. The molecule has 1 rings (SSSR count). The summed E-state index contributed by atoms with van der Waals surface area (Å²) in [5.41, 5.74) is 7.01. The van der Waals surface area contributed by atoms with E-state index in [1.165, 1.54) is 0 Å². The van der Waals surface area contributed by atoms with Gasteiger partial charge in [0.25, 0.3) is 0 Å². The van der Waals surface area contributed by atoms with Gasteiger partial charge in [-0.05, 0) is 30.5 Å². The van der Waals surface area contributed by atoms with Gasteiger partial charge in [-0.15, -0.1) is 12.4 Å². The first-order valence-electron chi connectivity index (χ1n) is 6.16. The number of carbonyl (C=O) groups excluding carboxylic acids is 1. The van der Waals surface area contributed by atoms with Crippen LogP contribution in [0.3, 0.4) is 0 Å². The number of aryl methyl sites for hydroxylation is 1. The molecule has 0 fully saturated rings. The fourth-order valence-electron chi connectivity index (χ4n) is 1.63. The van der Waals surface area contributed by atoms with E-state index in [0.29, 0.717) is 12.8 Å². The molecule has 21 heavy (non-hydrogen) atoms. The Hall–Kier alpha value is -2.28. The monoisotopic (exact) mass is 314 g/mol. The average molecular weight is 315 g/mol. The van der Waals surface area contributed by atoms with Crippen molar-refractivity contribution in [2.75, 3.05) is 11.9 Å². The van der Waals surface area contributed by atoms with Gasteiger partial charge in [-0.2, -0.15) is 0 Å². The number of carbonyl (C=O) groups is 2. The van der Waals surface area contributed by atoms with E-state index in [1.54, 1.807) is 12.1 Å². The number of amides is 1. The Bertz CT molecular complexity index is 491. The average Bonchev–Trinajstić information content (AvgIpc) is 2.38. The van der Waals surface area contributed by atoms with Gasteiger partial charge in [-0.1, -0.05) is 12.1 Å². The van der Waals surface area contributed by atoms with Crippen LogP contribution in [0.15, 0.2) is 24.3 Å². The van der Waals surface area contributed by atoms with E-state index in [2.05, 4.69) is 10.6 Å². The first-order valence-corrected chi connectivity index (χ1v) is 6.16. The summed E-state index contributed by atoms with van der Waals surface area (Å²) >= 11 is 0. The Morgan fingerprint density at radius 1 is 1.24 bits per heavy atom. The van der Waals surface area contributed by atoms with Crippen LogP contribution >= 0.6 is 12.4 Å². The number of carboxylic acid groups (broad SMARTS) is 1. The van der Waals surface area contributed by atoms with Crippen molar-refractivity contribution >= 4 is 35.9 Å². The van der Waals surface area contributed by atoms with Crippen LogP contribution in [0.4, 0.5) is 5.69 Å². The molecule has 0 bridgehead atoms. The molecule has 1 aromatic carbocycles. The first-order chi connectivity index (χ1) is 9.47. The predicted molar refractivity (Wildman–Crippen MR) is 82.8 cm³/mol. The van der Waals surface area contributed by atoms with Crippen LogP contribution in [0.25, 0.3) is 0 Å². The summed E-state index contributed by atoms with van der Waals surface area (Å²) in [7, 11) is 0. The van der Waals surface area contributed by atoms with Crippen molar-refractivity contribution in [3.8, 4) is 0 Å². The molecule has 0 heterocycles. The Morgan fingerprint density at radius 2 is 1.86 bits per heavy atom. The van der Waals surface area contributed by atoms with E-state index >= 15 is 0 Å². The highest BCUT2D eigenvalue weighted by Crippen LogP contribution is 2.11. The molecular formula is C13H19ClN4O3. The van der Waals surface area contributed by atoms with E-state index in [1.807, 2.05) is 12.1 Å². The van der Waals surface area contributed by atoms with Gasteiger partial charge >= 0.3 is 5.97 Å². The number of rotatable bonds is 7. The van der Waals surface area contributed by atoms with Crippen LogP contribution in [0.5, 0.6) is 0 Å². The number of carboxylic acids is 1. The van der Waals surface area contributed by atoms with Gasteiger partial charge in [0, 0.05) is 12.1 Å². The minimum atomic E-state index is -1.05. The standard InChI is InChI=1S/C13H18N4O3.ClH/c14-13(15)17-10-6-4-9(5-7-10)2-1-3-11(18)16-8-12(19)20;/h4-7H,1-3,8H2,(H,16,18)(H,19,20)(H4,14,15,17);1H. The lowest BCUT2D eigenvalue weighted by Gasteiger charge is -2.06. The number of halogens is 1. The van der Waals surface area contributed by atoms with E-state index in [0.717, 1.165) is 17.7 Å². The number of guanidine groups is 1. The van der Waals surface area contributed by atoms with E-state index < -0.39 is 5.97 Å². The lowest BCUT2D eigenvalue weighted by Crippen LogP contribution is -2.28. The van der Waals surface area contributed by atoms with Crippen LogP contribution in [0, 0.1) is 5.41 Å². The highest BCUT2D eigenvalue weighted by molar-refractivity contribution is 5.89. The lowest BCUT2D eigenvalue weighted by atomic mass is 10.1. The second kappa shape index (κ2) is 9.60. The maximum Gasteiger partial charge on any atom is 0.322 e. The Labute approximate surface area is 128 Å². The maximum absolute atomic E-state index is 11.3. The topological polar surface area (TPSA) is 128 Å². The van der Waals surface area contributed by atoms with Gasteiger partial charge in [0.2, 0.25) is 5.91 Å². The molecule has 0 aliphatic rings. The third kappa shape index (κ3) is 8.48. The molecule has 0 aliphatic carbocycles. The van der Waals surface area contributed by atoms with Gasteiger partial charge in [0.15, 0.2) is 5.96 Å². The fraction of sp³-hybridized carbons (Fsp3) is 0.308. The zero-order valence-corrected chi connectivity index (χ0v) is 12.2. The molecule has 0 radical (unpaired) electrons. The van der Waals surface area contributed by atoms with E-state index in [4.69, 9.17) is 16.2 Å². The smallest absolute Gasteiger partial charge is 0.322 e. The quantitative estimate of drug-likeness (QED) is 0.378. The summed E-state index contributed by atoms with van der Waals surface area (Å²) < 4.78 is 0. The largest absolute Gasteiger partial charge is 0.480 e. The molecule has 8 heteroatoms. The SMILES string of the molecule is Cl.N=C(N)Nc1ccc(CCCC(=O)NCC(=O)O)cc1. The van der Waals surface area contributed by atoms with E-state index in [-0.39, 0.29) is 30.8 Å². The van der Waals surface area contributed by atoms with Crippen molar-refractivity contribution < 1.29 is 14.7 Å².